The number of rotatable bonds is 3. The molecule has 2 heterocycles. The minimum atomic E-state index is 0.857. The molecule has 2 rings (SSSR count). The fraction of sp³-hybridized carbons (Fsp3) is 0.333. The summed E-state index contributed by atoms with van der Waals surface area (Å²) in [5, 5.41) is 3.23. The summed E-state index contributed by atoms with van der Waals surface area (Å²) in [7, 11) is 0. The van der Waals surface area contributed by atoms with E-state index in [9.17, 15) is 0 Å². The fourth-order valence-electron chi connectivity index (χ4n) is 1.58. The predicted molar refractivity (Wildman–Crippen MR) is 65.0 cm³/mol. The van der Waals surface area contributed by atoms with Crippen LogP contribution in [0.25, 0.3) is 5.69 Å². The maximum atomic E-state index is 4.42. The lowest BCUT2D eigenvalue weighted by molar-refractivity contribution is 1.00. The van der Waals surface area contributed by atoms with Crippen LogP contribution >= 0.6 is 0 Å². The summed E-state index contributed by atoms with van der Waals surface area (Å²) in [6, 6.07) is 4.05. The average molecular weight is 216 g/mol. The van der Waals surface area contributed by atoms with Gasteiger partial charge in [0.25, 0.3) is 0 Å². The van der Waals surface area contributed by atoms with Gasteiger partial charge in [-0.1, -0.05) is 0 Å². The molecule has 0 aliphatic carbocycles. The molecule has 0 spiro atoms. The number of hydrogen-bond donors (Lipinski definition) is 1. The van der Waals surface area contributed by atoms with Gasteiger partial charge in [-0.15, -0.1) is 0 Å². The van der Waals surface area contributed by atoms with Crippen LogP contribution in [0.2, 0.25) is 0 Å². The van der Waals surface area contributed by atoms with Gasteiger partial charge in [0.15, 0.2) is 0 Å². The molecule has 0 radical (unpaired) electrons. The van der Waals surface area contributed by atoms with Gasteiger partial charge < -0.3 is 5.32 Å². The van der Waals surface area contributed by atoms with E-state index >= 15 is 0 Å². The second-order valence-electron chi connectivity index (χ2n) is 3.76. The number of pyridine rings is 1. The van der Waals surface area contributed by atoms with Gasteiger partial charge in [0, 0.05) is 18.4 Å². The van der Waals surface area contributed by atoms with Crippen molar-refractivity contribution in [1.82, 2.24) is 14.5 Å². The normalized spacial score (nSPS) is 10.4. The van der Waals surface area contributed by atoms with E-state index in [1.165, 1.54) is 0 Å². The topological polar surface area (TPSA) is 42.7 Å². The monoisotopic (exact) mass is 216 g/mol. The Morgan fingerprint density at radius 1 is 1.25 bits per heavy atom. The highest BCUT2D eigenvalue weighted by atomic mass is 15.2. The zero-order valence-electron chi connectivity index (χ0n) is 9.86. The summed E-state index contributed by atoms with van der Waals surface area (Å²) in [6.45, 7) is 6.88. The first-order chi connectivity index (χ1) is 7.70. The van der Waals surface area contributed by atoms with Gasteiger partial charge in [-0.2, -0.15) is 0 Å². The molecule has 0 bridgehead atoms. The molecule has 0 fully saturated rings. The van der Waals surface area contributed by atoms with E-state index in [0.29, 0.717) is 0 Å². The first-order valence-corrected chi connectivity index (χ1v) is 5.43. The van der Waals surface area contributed by atoms with Crippen LogP contribution in [0.1, 0.15) is 18.3 Å². The van der Waals surface area contributed by atoms with E-state index < -0.39 is 0 Å². The van der Waals surface area contributed by atoms with Crippen LogP contribution in [0.3, 0.4) is 0 Å². The van der Waals surface area contributed by atoms with Crippen molar-refractivity contribution in [2.45, 2.75) is 20.8 Å². The molecule has 0 aromatic carbocycles. The van der Waals surface area contributed by atoms with Crippen molar-refractivity contribution in [2.75, 3.05) is 11.9 Å². The first-order valence-electron chi connectivity index (χ1n) is 5.43. The third-order valence-corrected chi connectivity index (χ3v) is 2.34. The number of nitrogens with one attached hydrogen (secondary N) is 1. The number of nitrogens with zero attached hydrogens (tertiary/aromatic N) is 3. The van der Waals surface area contributed by atoms with Gasteiger partial charge in [0.05, 0.1) is 17.6 Å². The molecule has 4 nitrogen and oxygen atoms in total. The summed E-state index contributed by atoms with van der Waals surface area (Å²) in [5.41, 5.74) is 3.05. The van der Waals surface area contributed by atoms with E-state index in [1.807, 2.05) is 42.9 Å². The Hall–Kier alpha value is -1.84. The minimum absolute atomic E-state index is 0.857. The molecule has 0 saturated carbocycles. The fourth-order valence-corrected chi connectivity index (χ4v) is 1.58. The van der Waals surface area contributed by atoms with Gasteiger partial charge in [0.1, 0.15) is 0 Å². The zero-order valence-corrected chi connectivity index (χ0v) is 9.86. The van der Waals surface area contributed by atoms with Crippen molar-refractivity contribution in [2.24, 2.45) is 0 Å². The van der Waals surface area contributed by atoms with Crippen LogP contribution in [0.4, 0.5) is 5.95 Å². The molecule has 0 aliphatic rings. The summed E-state index contributed by atoms with van der Waals surface area (Å²) in [5.74, 6) is 0.866. The molecule has 4 heteroatoms. The average Bonchev–Trinajstić information content (AvgIpc) is 2.61. The second kappa shape index (κ2) is 4.35. The molecule has 2 aromatic heterocycles. The Bertz CT molecular complexity index is 470. The zero-order chi connectivity index (χ0) is 11.5. The Morgan fingerprint density at radius 2 is 2.06 bits per heavy atom. The number of imidazole rings is 1. The summed E-state index contributed by atoms with van der Waals surface area (Å²) in [4.78, 5) is 8.71. The van der Waals surface area contributed by atoms with Crippen LogP contribution in [0.15, 0.2) is 24.5 Å². The second-order valence-corrected chi connectivity index (χ2v) is 3.76. The van der Waals surface area contributed by atoms with Gasteiger partial charge >= 0.3 is 0 Å². The molecule has 2 aromatic rings. The highest BCUT2D eigenvalue weighted by Crippen LogP contribution is 2.15. The maximum Gasteiger partial charge on any atom is 0.207 e. The lowest BCUT2D eigenvalue weighted by atomic mass is 10.3. The number of aromatic nitrogens is 3. The lowest BCUT2D eigenvalue weighted by Crippen LogP contribution is -2.05. The molecule has 0 unspecified atom stereocenters. The summed E-state index contributed by atoms with van der Waals surface area (Å²) in [6.07, 6.45) is 3.86. The Morgan fingerprint density at radius 3 is 2.69 bits per heavy atom. The first kappa shape index (κ1) is 10.7. The molecule has 0 saturated heterocycles. The highest BCUT2D eigenvalue weighted by molar-refractivity contribution is 5.41. The summed E-state index contributed by atoms with van der Waals surface area (Å²) >= 11 is 0. The van der Waals surface area contributed by atoms with Crippen molar-refractivity contribution in [3.05, 3.63) is 35.9 Å². The highest BCUT2D eigenvalue weighted by Gasteiger charge is 2.06. The molecule has 0 aliphatic heterocycles. The van der Waals surface area contributed by atoms with Crippen LogP contribution in [-0.2, 0) is 0 Å². The smallest absolute Gasteiger partial charge is 0.207 e. The van der Waals surface area contributed by atoms with Gasteiger partial charge in [-0.25, -0.2) is 4.98 Å². The van der Waals surface area contributed by atoms with Crippen molar-refractivity contribution in [3.8, 4) is 5.69 Å². The van der Waals surface area contributed by atoms with Gasteiger partial charge in [-0.05, 0) is 32.9 Å². The van der Waals surface area contributed by atoms with Crippen LogP contribution < -0.4 is 5.32 Å². The third-order valence-electron chi connectivity index (χ3n) is 2.34. The number of anilines is 1. The van der Waals surface area contributed by atoms with E-state index in [1.54, 1.807) is 0 Å². The molecular formula is C12H16N4. The van der Waals surface area contributed by atoms with Gasteiger partial charge in [0.2, 0.25) is 5.95 Å². The van der Waals surface area contributed by atoms with Crippen molar-refractivity contribution < 1.29 is 0 Å². The Balaban J connectivity index is 2.42. The van der Waals surface area contributed by atoms with Gasteiger partial charge in [-0.3, -0.25) is 9.55 Å². The largest absolute Gasteiger partial charge is 0.356 e. The SMILES string of the molecule is CCNc1nc(C)cn1-c1ccc(C)nc1. The van der Waals surface area contributed by atoms with Crippen molar-refractivity contribution >= 4 is 5.95 Å². The minimum Gasteiger partial charge on any atom is -0.356 e. The van der Waals surface area contributed by atoms with E-state index in [2.05, 4.69) is 22.2 Å². The molecule has 1 N–H and O–H groups in total. The van der Waals surface area contributed by atoms with Crippen LogP contribution in [-0.4, -0.2) is 21.1 Å². The maximum absolute atomic E-state index is 4.42. The third kappa shape index (κ3) is 2.05. The van der Waals surface area contributed by atoms with Crippen molar-refractivity contribution in [3.63, 3.8) is 0 Å². The molecular weight excluding hydrogens is 200 g/mol. The quantitative estimate of drug-likeness (QED) is 0.856. The van der Waals surface area contributed by atoms with E-state index in [-0.39, 0.29) is 0 Å². The molecule has 84 valence electrons. The molecule has 16 heavy (non-hydrogen) atoms. The van der Waals surface area contributed by atoms with E-state index in [4.69, 9.17) is 0 Å². The predicted octanol–water partition coefficient (Wildman–Crippen LogP) is 2.32. The standard InChI is InChI=1S/C12H16N4/c1-4-13-12-15-10(3)8-16(12)11-6-5-9(2)14-7-11/h5-8H,4H2,1-3H3,(H,13,15). The van der Waals surface area contributed by atoms with Crippen LogP contribution in [0.5, 0.6) is 0 Å². The van der Waals surface area contributed by atoms with Crippen molar-refractivity contribution in [1.29, 1.82) is 0 Å². The van der Waals surface area contributed by atoms with Crippen LogP contribution in [0, 0.1) is 13.8 Å². The number of aryl methyl sites for hydroxylation is 2. The molecule has 0 atom stereocenters. The molecule has 0 amide bonds. The number of hydrogen-bond acceptors (Lipinski definition) is 3. The summed E-state index contributed by atoms with van der Waals surface area (Å²) < 4.78 is 2.02. The Labute approximate surface area is 95.4 Å². The lowest BCUT2D eigenvalue weighted by Gasteiger charge is -2.07. The van der Waals surface area contributed by atoms with E-state index in [0.717, 1.165) is 29.6 Å². The Kier molecular flexibility index (Phi) is 2.90.